The zero-order valence-electron chi connectivity index (χ0n) is 10.3. The standard InChI is InChI=1S/C12H17NO3S2/c1-11-5-7-12(8-6-11)18(15,16)13-17(14)9-3-2-4-10-17/h5-8H,2-4,9-10H2,1H3. The largest absolute Gasteiger partial charge is 0.290 e. The third kappa shape index (κ3) is 3.11. The van der Waals surface area contributed by atoms with E-state index in [1.807, 2.05) is 6.92 Å². The summed E-state index contributed by atoms with van der Waals surface area (Å²) in [7, 11) is -6.35. The lowest BCUT2D eigenvalue weighted by atomic mass is 10.2. The van der Waals surface area contributed by atoms with Gasteiger partial charge in [-0.2, -0.15) is 8.42 Å². The fourth-order valence-electron chi connectivity index (χ4n) is 1.94. The van der Waals surface area contributed by atoms with Crippen molar-refractivity contribution in [2.24, 2.45) is 3.77 Å². The lowest BCUT2D eigenvalue weighted by Gasteiger charge is -2.14. The van der Waals surface area contributed by atoms with E-state index >= 15 is 0 Å². The van der Waals surface area contributed by atoms with Gasteiger partial charge in [-0.25, -0.2) is 4.21 Å². The van der Waals surface area contributed by atoms with Gasteiger partial charge in [-0.15, -0.1) is 3.77 Å². The summed E-state index contributed by atoms with van der Waals surface area (Å²) in [5.74, 6) is 0.802. The summed E-state index contributed by atoms with van der Waals surface area (Å²) in [6.07, 6.45) is 2.61. The highest BCUT2D eigenvalue weighted by Crippen LogP contribution is 2.19. The summed E-state index contributed by atoms with van der Waals surface area (Å²) in [5.41, 5.74) is 0.982. The minimum absolute atomic E-state index is 0.126. The van der Waals surface area contributed by atoms with Gasteiger partial charge >= 0.3 is 0 Å². The molecule has 1 saturated heterocycles. The van der Waals surface area contributed by atoms with Crippen LogP contribution in [0.3, 0.4) is 0 Å². The zero-order valence-corrected chi connectivity index (χ0v) is 12.0. The van der Waals surface area contributed by atoms with Crippen LogP contribution in [0.2, 0.25) is 0 Å². The molecular weight excluding hydrogens is 270 g/mol. The Labute approximate surface area is 109 Å². The molecule has 0 atom stereocenters. The second-order valence-corrected chi connectivity index (χ2v) is 8.98. The van der Waals surface area contributed by atoms with Crippen LogP contribution in [0, 0.1) is 6.92 Å². The van der Waals surface area contributed by atoms with Gasteiger partial charge in [0.05, 0.1) is 14.6 Å². The Bertz CT molecular complexity index is 626. The number of nitrogens with zero attached hydrogens (tertiary/aromatic N) is 1. The van der Waals surface area contributed by atoms with Gasteiger partial charge in [-0.05, 0) is 31.9 Å². The maximum Gasteiger partial charge on any atom is 0.290 e. The third-order valence-corrected chi connectivity index (χ3v) is 7.57. The fourth-order valence-corrected chi connectivity index (χ4v) is 6.31. The molecule has 0 amide bonds. The highest BCUT2D eigenvalue weighted by atomic mass is 32.3. The number of aryl methyl sites for hydroxylation is 1. The molecule has 1 heterocycles. The van der Waals surface area contributed by atoms with Crippen molar-refractivity contribution in [2.75, 3.05) is 11.5 Å². The van der Waals surface area contributed by atoms with Gasteiger partial charge in [0, 0.05) is 11.5 Å². The predicted octanol–water partition coefficient (Wildman–Crippen LogP) is 2.34. The normalized spacial score (nSPS) is 19.4. The van der Waals surface area contributed by atoms with Crippen molar-refractivity contribution < 1.29 is 12.6 Å². The highest BCUT2D eigenvalue weighted by molar-refractivity contribution is 8.03. The molecule has 0 aromatic heterocycles. The molecule has 0 radical (unpaired) electrons. The van der Waals surface area contributed by atoms with Crippen LogP contribution in [0.25, 0.3) is 0 Å². The van der Waals surface area contributed by atoms with E-state index in [0.29, 0.717) is 11.5 Å². The topological polar surface area (TPSA) is 63.6 Å². The molecule has 0 spiro atoms. The van der Waals surface area contributed by atoms with Gasteiger partial charge in [-0.1, -0.05) is 24.1 Å². The van der Waals surface area contributed by atoms with Crippen molar-refractivity contribution in [3.63, 3.8) is 0 Å². The van der Waals surface area contributed by atoms with Crippen LogP contribution in [0.4, 0.5) is 0 Å². The second-order valence-electron chi connectivity index (χ2n) is 4.60. The van der Waals surface area contributed by atoms with Crippen molar-refractivity contribution in [2.45, 2.75) is 31.1 Å². The fraction of sp³-hybridized carbons (Fsp3) is 0.500. The van der Waals surface area contributed by atoms with Crippen LogP contribution in [-0.2, 0) is 19.8 Å². The first kappa shape index (κ1) is 13.5. The molecular formula is C12H17NO3S2. The maximum absolute atomic E-state index is 12.3. The molecule has 4 nitrogen and oxygen atoms in total. The molecule has 1 aliphatic rings. The molecule has 0 unspecified atom stereocenters. The molecule has 0 aliphatic carbocycles. The van der Waals surface area contributed by atoms with Crippen LogP contribution in [0.15, 0.2) is 32.9 Å². The zero-order chi connectivity index (χ0) is 13.2. The van der Waals surface area contributed by atoms with Gasteiger partial charge in [-0.3, -0.25) is 0 Å². The summed E-state index contributed by atoms with van der Waals surface area (Å²) in [4.78, 5) is 0.126. The molecule has 100 valence electrons. The Balaban J connectivity index is 2.40. The van der Waals surface area contributed by atoms with Gasteiger partial charge < -0.3 is 0 Å². The van der Waals surface area contributed by atoms with Crippen LogP contribution < -0.4 is 0 Å². The molecule has 0 N–H and O–H groups in total. The van der Waals surface area contributed by atoms with Crippen molar-refractivity contribution in [3.05, 3.63) is 29.8 Å². The lowest BCUT2D eigenvalue weighted by molar-refractivity contribution is 0.597. The van der Waals surface area contributed by atoms with Crippen molar-refractivity contribution >= 4 is 19.8 Å². The van der Waals surface area contributed by atoms with E-state index in [1.165, 1.54) is 12.1 Å². The van der Waals surface area contributed by atoms with Crippen molar-refractivity contribution in [1.82, 2.24) is 0 Å². The molecule has 1 aromatic rings. The smallest absolute Gasteiger partial charge is 0.249 e. The van der Waals surface area contributed by atoms with Crippen molar-refractivity contribution in [1.29, 1.82) is 0 Å². The van der Waals surface area contributed by atoms with Gasteiger partial charge in [0.1, 0.15) is 0 Å². The molecule has 18 heavy (non-hydrogen) atoms. The SMILES string of the molecule is Cc1ccc(S(=O)(=O)N=S2(=O)CCCCC2)cc1. The first-order chi connectivity index (χ1) is 8.41. The molecule has 1 fully saturated rings. The number of benzene rings is 1. The number of hydrogen-bond donors (Lipinski definition) is 0. The Morgan fingerprint density at radius 2 is 1.61 bits per heavy atom. The number of hydrogen-bond acceptors (Lipinski definition) is 3. The minimum atomic E-state index is -3.79. The van der Waals surface area contributed by atoms with Crippen LogP contribution in [-0.4, -0.2) is 24.1 Å². The van der Waals surface area contributed by atoms with Crippen LogP contribution >= 0.6 is 0 Å². The first-order valence-electron chi connectivity index (χ1n) is 5.97. The Kier molecular flexibility index (Phi) is 3.77. The molecule has 1 aliphatic heterocycles. The summed E-state index contributed by atoms with van der Waals surface area (Å²) in [6, 6.07) is 6.46. The number of rotatable bonds is 2. The van der Waals surface area contributed by atoms with E-state index in [9.17, 15) is 12.6 Å². The molecule has 0 saturated carbocycles. The lowest BCUT2D eigenvalue weighted by Crippen LogP contribution is -2.18. The van der Waals surface area contributed by atoms with E-state index in [1.54, 1.807) is 12.1 Å². The second kappa shape index (κ2) is 5.01. The summed E-state index contributed by atoms with van der Waals surface area (Å²) >= 11 is 0. The quantitative estimate of drug-likeness (QED) is 0.838. The maximum atomic E-state index is 12.3. The number of sulfonamides is 1. The molecule has 0 bridgehead atoms. The molecule has 1 aromatic carbocycles. The van der Waals surface area contributed by atoms with E-state index < -0.39 is 19.8 Å². The predicted molar refractivity (Wildman–Crippen MR) is 72.5 cm³/mol. The Morgan fingerprint density at radius 3 is 2.17 bits per heavy atom. The summed E-state index contributed by atoms with van der Waals surface area (Å²) < 4.78 is 40.2. The van der Waals surface area contributed by atoms with Crippen LogP contribution in [0.1, 0.15) is 24.8 Å². The van der Waals surface area contributed by atoms with E-state index in [2.05, 4.69) is 3.77 Å². The molecule has 6 heteroatoms. The van der Waals surface area contributed by atoms with Gasteiger partial charge in [0.2, 0.25) is 0 Å². The molecule has 2 rings (SSSR count). The van der Waals surface area contributed by atoms with E-state index in [4.69, 9.17) is 0 Å². The average molecular weight is 287 g/mol. The van der Waals surface area contributed by atoms with E-state index in [-0.39, 0.29) is 4.90 Å². The monoisotopic (exact) mass is 287 g/mol. The summed E-state index contributed by atoms with van der Waals surface area (Å²) in [6.45, 7) is 1.88. The highest BCUT2D eigenvalue weighted by Gasteiger charge is 2.20. The third-order valence-electron chi connectivity index (χ3n) is 2.98. The minimum Gasteiger partial charge on any atom is -0.249 e. The Morgan fingerprint density at radius 1 is 1.06 bits per heavy atom. The van der Waals surface area contributed by atoms with Crippen molar-refractivity contribution in [3.8, 4) is 0 Å². The van der Waals surface area contributed by atoms with Gasteiger partial charge in [0.25, 0.3) is 10.0 Å². The van der Waals surface area contributed by atoms with E-state index in [0.717, 1.165) is 24.8 Å². The van der Waals surface area contributed by atoms with Gasteiger partial charge in [0.15, 0.2) is 0 Å². The first-order valence-corrected chi connectivity index (χ1v) is 9.26. The van der Waals surface area contributed by atoms with Crippen LogP contribution in [0.5, 0.6) is 0 Å². The average Bonchev–Trinajstić information content (AvgIpc) is 2.29. The Hall–Kier alpha value is -0.880. The summed E-state index contributed by atoms with van der Waals surface area (Å²) in [5, 5.41) is 0.